The van der Waals surface area contributed by atoms with Crippen LogP contribution in [0.2, 0.25) is 0 Å². The summed E-state index contributed by atoms with van der Waals surface area (Å²) < 4.78 is 32.8. The number of hydrogen-bond acceptors (Lipinski definition) is 8. The van der Waals surface area contributed by atoms with Gasteiger partial charge in [0.05, 0.1) is 19.6 Å². The quantitative estimate of drug-likeness (QED) is 0.0264. The van der Waals surface area contributed by atoms with E-state index < -0.39 is 32.5 Å². The van der Waals surface area contributed by atoms with E-state index in [4.69, 9.17) is 24.3 Å². The lowest BCUT2D eigenvalue weighted by atomic mass is 10.0. The fourth-order valence-corrected chi connectivity index (χ4v) is 9.06. The molecule has 0 heterocycles. The van der Waals surface area contributed by atoms with Crippen molar-refractivity contribution in [3.05, 3.63) is 109 Å². The lowest BCUT2D eigenvalue weighted by Crippen LogP contribution is -2.29. The van der Waals surface area contributed by atoms with Gasteiger partial charge in [0.1, 0.15) is 6.61 Å². The molecule has 3 N–H and O–H groups in total. The summed E-state index contributed by atoms with van der Waals surface area (Å²) in [6, 6.07) is 0. The molecule has 0 fully saturated rings. The average molecular weight is 1070 g/mol. The standard InChI is InChI=1S/C65H112NO8P/c1-3-5-7-9-11-13-15-17-19-20-21-22-23-24-25-26-27-28-29-30-31-32-33-34-35-36-37-38-39-40-41-42-44-45-47-49-51-53-55-57-64(67)71-61-63(62-73-75(69,70)72-60-59-66)74-65(68)58-56-54-52-50-48-46-43-18-16-14-12-10-8-6-4-2/h5-8,11-14,17-19,21-22,43,48,50,54,56,63H,3-4,9-10,15-16,20,23-42,44-47,49,51-53,55,57-62,66H2,1-2H3,(H,69,70)/b7-5-,8-6-,13-11-,14-12-,19-17-,22-21-,43-18-,50-48-,56-54-. The number of nitrogens with two attached hydrogens (primary N) is 1. The Kier molecular flexibility index (Phi) is 57.2. The second-order valence-electron chi connectivity index (χ2n) is 19.8. The Balaban J connectivity index is 3.81. The van der Waals surface area contributed by atoms with Gasteiger partial charge < -0.3 is 20.1 Å². The molecule has 10 heteroatoms. The van der Waals surface area contributed by atoms with Gasteiger partial charge in [-0.1, -0.05) is 277 Å². The van der Waals surface area contributed by atoms with Crippen molar-refractivity contribution < 1.29 is 37.6 Å². The van der Waals surface area contributed by atoms with Crippen LogP contribution in [-0.2, 0) is 32.7 Å². The highest BCUT2D eigenvalue weighted by Crippen LogP contribution is 2.43. The van der Waals surface area contributed by atoms with Gasteiger partial charge in [-0.15, -0.1) is 0 Å². The highest BCUT2D eigenvalue weighted by Gasteiger charge is 2.25. The van der Waals surface area contributed by atoms with Crippen LogP contribution in [0.5, 0.6) is 0 Å². The molecule has 2 unspecified atom stereocenters. The van der Waals surface area contributed by atoms with E-state index >= 15 is 0 Å². The number of phosphoric acid groups is 1. The topological polar surface area (TPSA) is 134 Å². The first-order valence-electron chi connectivity index (χ1n) is 30.4. The van der Waals surface area contributed by atoms with Crippen LogP contribution in [0.1, 0.15) is 258 Å². The molecule has 0 bridgehead atoms. The van der Waals surface area contributed by atoms with Gasteiger partial charge in [-0.25, -0.2) is 4.57 Å². The lowest BCUT2D eigenvalue weighted by Gasteiger charge is -2.19. The average Bonchev–Trinajstić information content (AvgIpc) is 3.40. The number of carbonyl (C=O) groups excluding carboxylic acids is 2. The predicted molar refractivity (Wildman–Crippen MR) is 321 cm³/mol. The molecule has 0 amide bonds. The molecule has 0 rings (SSSR count). The summed E-state index contributed by atoms with van der Waals surface area (Å²) >= 11 is 0. The molecule has 0 spiro atoms. The van der Waals surface area contributed by atoms with E-state index in [0.717, 1.165) is 70.6 Å². The number of phosphoric ester groups is 1. The van der Waals surface area contributed by atoms with Gasteiger partial charge in [0.15, 0.2) is 6.10 Å². The minimum Gasteiger partial charge on any atom is -0.462 e. The zero-order valence-electron chi connectivity index (χ0n) is 48.0. The molecule has 2 atom stereocenters. The highest BCUT2D eigenvalue weighted by molar-refractivity contribution is 7.47. The van der Waals surface area contributed by atoms with Crippen molar-refractivity contribution >= 4 is 19.8 Å². The predicted octanol–water partition coefficient (Wildman–Crippen LogP) is 19.4. The van der Waals surface area contributed by atoms with Crippen LogP contribution >= 0.6 is 7.82 Å². The number of ether oxygens (including phenoxy) is 2. The van der Waals surface area contributed by atoms with Crippen LogP contribution in [0.4, 0.5) is 0 Å². The molecule has 75 heavy (non-hydrogen) atoms. The van der Waals surface area contributed by atoms with Crippen LogP contribution in [0.25, 0.3) is 0 Å². The van der Waals surface area contributed by atoms with Crippen molar-refractivity contribution in [1.29, 1.82) is 0 Å². The van der Waals surface area contributed by atoms with E-state index in [0.29, 0.717) is 6.42 Å². The molecule has 0 aliphatic rings. The van der Waals surface area contributed by atoms with Crippen LogP contribution < -0.4 is 5.73 Å². The minimum atomic E-state index is -4.41. The monoisotopic (exact) mass is 1070 g/mol. The number of unbranched alkanes of at least 4 members (excludes halogenated alkanes) is 26. The first-order valence-corrected chi connectivity index (χ1v) is 31.9. The molecule has 0 aromatic heterocycles. The highest BCUT2D eigenvalue weighted by atomic mass is 31.2. The van der Waals surface area contributed by atoms with Gasteiger partial charge in [-0.05, 0) is 77.0 Å². The van der Waals surface area contributed by atoms with Gasteiger partial charge in [0.25, 0.3) is 0 Å². The smallest absolute Gasteiger partial charge is 0.462 e. The number of rotatable bonds is 56. The molecule has 0 saturated heterocycles. The molecular formula is C65H112NO8P. The maximum Gasteiger partial charge on any atom is 0.472 e. The fraction of sp³-hybridized carbons (Fsp3) is 0.692. The van der Waals surface area contributed by atoms with Crippen LogP contribution in [0, 0.1) is 0 Å². The van der Waals surface area contributed by atoms with Crippen molar-refractivity contribution in [2.24, 2.45) is 5.73 Å². The zero-order valence-corrected chi connectivity index (χ0v) is 48.9. The van der Waals surface area contributed by atoms with Crippen molar-refractivity contribution in [2.75, 3.05) is 26.4 Å². The summed E-state index contributed by atoms with van der Waals surface area (Å²) in [5, 5.41) is 0. The van der Waals surface area contributed by atoms with E-state index in [2.05, 4.69) is 105 Å². The largest absolute Gasteiger partial charge is 0.472 e. The van der Waals surface area contributed by atoms with E-state index in [1.807, 2.05) is 12.2 Å². The molecular weight excluding hydrogens is 954 g/mol. The number of hydrogen-bond donors (Lipinski definition) is 2. The Morgan fingerprint density at radius 1 is 0.413 bits per heavy atom. The molecule has 0 aliphatic carbocycles. The van der Waals surface area contributed by atoms with E-state index in [-0.39, 0.29) is 32.6 Å². The van der Waals surface area contributed by atoms with Crippen LogP contribution in [0.3, 0.4) is 0 Å². The van der Waals surface area contributed by atoms with Gasteiger partial charge in [0.2, 0.25) is 0 Å². The summed E-state index contributed by atoms with van der Waals surface area (Å²) in [7, 11) is -4.41. The first kappa shape index (κ1) is 71.7. The van der Waals surface area contributed by atoms with Crippen molar-refractivity contribution in [1.82, 2.24) is 0 Å². The first-order chi connectivity index (χ1) is 36.8. The van der Waals surface area contributed by atoms with Crippen LogP contribution in [-0.4, -0.2) is 49.3 Å². The Morgan fingerprint density at radius 3 is 1.09 bits per heavy atom. The molecule has 0 aromatic rings. The van der Waals surface area contributed by atoms with Gasteiger partial charge in [0, 0.05) is 13.0 Å². The third-order valence-electron chi connectivity index (χ3n) is 12.7. The molecule has 0 aliphatic heterocycles. The lowest BCUT2D eigenvalue weighted by molar-refractivity contribution is -0.160. The molecule has 430 valence electrons. The van der Waals surface area contributed by atoms with Gasteiger partial charge in [-0.3, -0.25) is 18.6 Å². The third-order valence-corrected chi connectivity index (χ3v) is 13.7. The van der Waals surface area contributed by atoms with E-state index in [1.165, 1.54) is 154 Å². The molecule has 9 nitrogen and oxygen atoms in total. The maximum absolute atomic E-state index is 12.6. The SMILES string of the molecule is CC/C=C\C/C=C\C/C=C\C/C=C\C/C=C\CC(=O)OC(COC(=O)CCCCCCCCCCCCCCCCCCCCCCCCCCCC/C=C\C/C=C\C/C=C\C/C=C\CC)COP(=O)(O)OCCN. The third kappa shape index (κ3) is 59.8. The summed E-state index contributed by atoms with van der Waals surface area (Å²) in [4.78, 5) is 35.0. The number of allylic oxidation sites excluding steroid dienone is 17. The van der Waals surface area contributed by atoms with E-state index in [1.54, 1.807) is 6.08 Å². The fourth-order valence-electron chi connectivity index (χ4n) is 8.29. The van der Waals surface area contributed by atoms with Gasteiger partial charge >= 0.3 is 19.8 Å². The summed E-state index contributed by atoms with van der Waals surface area (Å²) in [6.45, 7) is 3.41. The Labute approximate surface area is 460 Å². The summed E-state index contributed by atoms with van der Waals surface area (Å²) in [5.74, 6) is -0.973. The maximum atomic E-state index is 12.6. The van der Waals surface area contributed by atoms with Gasteiger partial charge in [-0.2, -0.15) is 0 Å². The van der Waals surface area contributed by atoms with Crippen molar-refractivity contribution in [3.8, 4) is 0 Å². The van der Waals surface area contributed by atoms with Crippen molar-refractivity contribution in [3.63, 3.8) is 0 Å². The number of carbonyl (C=O) groups is 2. The Bertz CT molecular complexity index is 1590. The van der Waals surface area contributed by atoms with Crippen molar-refractivity contribution in [2.45, 2.75) is 264 Å². The Hall–Kier alpha value is -3.33. The molecule has 0 saturated carbocycles. The summed E-state index contributed by atoms with van der Waals surface area (Å²) in [6.07, 6.45) is 82.2. The molecule has 0 radical (unpaired) electrons. The van der Waals surface area contributed by atoms with Crippen LogP contribution in [0.15, 0.2) is 109 Å². The Morgan fingerprint density at radius 2 is 0.733 bits per heavy atom. The second-order valence-corrected chi connectivity index (χ2v) is 21.3. The zero-order chi connectivity index (χ0) is 54.5. The normalized spacial score (nSPS) is 13.8. The number of esters is 2. The second kappa shape index (κ2) is 59.9. The molecule has 0 aromatic carbocycles. The summed E-state index contributed by atoms with van der Waals surface area (Å²) in [5.41, 5.74) is 5.36. The minimum absolute atomic E-state index is 0.00421. The van der Waals surface area contributed by atoms with E-state index in [9.17, 15) is 19.0 Å².